The summed E-state index contributed by atoms with van der Waals surface area (Å²) in [5, 5.41) is 18.4. The summed E-state index contributed by atoms with van der Waals surface area (Å²) in [5.41, 5.74) is 0.540. The monoisotopic (exact) mass is 566 g/mol. The van der Waals surface area contributed by atoms with Crippen molar-refractivity contribution in [2.24, 2.45) is 0 Å². The van der Waals surface area contributed by atoms with Gasteiger partial charge in [0.1, 0.15) is 27.0 Å². The van der Waals surface area contributed by atoms with Crippen LogP contribution in [0.5, 0.6) is 0 Å². The number of aliphatic hydroxyl groups excluding tert-OH is 1. The molecule has 3 aromatic rings. The van der Waals surface area contributed by atoms with E-state index >= 15 is 0 Å². The summed E-state index contributed by atoms with van der Waals surface area (Å²) >= 11 is 14.2. The van der Waals surface area contributed by atoms with E-state index in [0.29, 0.717) is 20.6 Å². The Morgan fingerprint density at radius 3 is 2.60 bits per heavy atom. The van der Waals surface area contributed by atoms with E-state index in [2.05, 4.69) is 20.6 Å². The minimum absolute atomic E-state index is 0.172. The molecule has 14 heteroatoms. The molecule has 0 fully saturated rings. The number of nitrogens with one attached hydrogen (secondary N) is 2. The molecule has 3 rings (SSSR count). The molecule has 2 aromatic heterocycles. The van der Waals surface area contributed by atoms with Crippen molar-refractivity contribution in [3.63, 3.8) is 0 Å². The molecule has 35 heavy (non-hydrogen) atoms. The molecule has 3 N–H and O–H groups in total. The zero-order valence-corrected chi connectivity index (χ0v) is 21.1. The molecule has 7 nitrogen and oxygen atoms in total. The zero-order chi connectivity index (χ0) is 25.8. The summed E-state index contributed by atoms with van der Waals surface area (Å²) in [6.45, 7) is 1.37. The SMILES string of the molecule is C[C@H](NC(=O)c1cnc(-c2cc(Cl)ccc2Cl)s1)C(=O)N[C@@H](CCC(F)(F)F)C(O)c1nccs1. The highest BCUT2D eigenvalue weighted by atomic mass is 35.5. The first-order valence-electron chi connectivity index (χ1n) is 10.1. The molecule has 1 unspecified atom stereocenters. The van der Waals surface area contributed by atoms with Crippen LogP contribution in [0, 0.1) is 0 Å². The first-order valence-corrected chi connectivity index (χ1v) is 12.6. The molecule has 2 amide bonds. The van der Waals surface area contributed by atoms with Crippen molar-refractivity contribution in [1.82, 2.24) is 20.6 Å². The summed E-state index contributed by atoms with van der Waals surface area (Å²) in [7, 11) is 0. The molecule has 0 saturated carbocycles. The second-order valence-electron chi connectivity index (χ2n) is 7.43. The highest BCUT2D eigenvalue weighted by Crippen LogP contribution is 2.33. The minimum Gasteiger partial charge on any atom is -0.384 e. The quantitative estimate of drug-likeness (QED) is 0.328. The van der Waals surface area contributed by atoms with E-state index in [4.69, 9.17) is 23.2 Å². The fourth-order valence-electron chi connectivity index (χ4n) is 2.99. The second-order valence-corrected chi connectivity index (χ2v) is 10.2. The highest BCUT2D eigenvalue weighted by Gasteiger charge is 2.33. The maximum atomic E-state index is 12.8. The lowest BCUT2D eigenvalue weighted by atomic mass is 10.0. The predicted octanol–water partition coefficient (Wildman–Crippen LogP) is 5.25. The minimum atomic E-state index is -4.47. The van der Waals surface area contributed by atoms with Gasteiger partial charge in [0.05, 0.1) is 17.3 Å². The molecule has 0 aliphatic carbocycles. The number of hydrogen-bond acceptors (Lipinski definition) is 7. The molecule has 0 spiro atoms. The van der Waals surface area contributed by atoms with Gasteiger partial charge in [-0.3, -0.25) is 9.59 Å². The Labute approximate surface area is 216 Å². The Hall–Kier alpha value is -2.25. The van der Waals surface area contributed by atoms with Gasteiger partial charge < -0.3 is 15.7 Å². The lowest BCUT2D eigenvalue weighted by Crippen LogP contribution is -2.49. The molecule has 2 heterocycles. The first-order chi connectivity index (χ1) is 16.4. The van der Waals surface area contributed by atoms with E-state index in [1.807, 2.05) is 0 Å². The van der Waals surface area contributed by atoms with Crippen molar-refractivity contribution < 1.29 is 27.9 Å². The fraction of sp³-hybridized carbons (Fsp3) is 0.333. The molecule has 3 atom stereocenters. The van der Waals surface area contributed by atoms with Crippen LogP contribution in [0.15, 0.2) is 36.0 Å². The van der Waals surface area contributed by atoms with Crippen LogP contribution in [0.1, 0.15) is 40.5 Å². The van der Waals surface area contributed by atoms with Crippen LogP contribution in [0.2, 0.25) is 10.0 Å². The number of nitrogens with zero attached hydrogens (tertiary/aromatic N) is 2. The van der Waals surface area contributed by atoms with E-state index in [1.165, 1.54) is 19.3 Å². The van der Waals surface area contributed by atoms with Crippen LogP contribution in [0.4, 0.5) is 13.2 Å². The molecule has 0 aliphatic rings. The second kappa shape index (κ2) is 11.7. The van der Waals surface area contributed by atoms with E-state index in [9.17, 15) is 27.9 Å². The van der Waals surface area contributed by atoms with Gasteiger partial charge in [-0.1, -0.05) is 23.2 Å². The van der Waals surface area contributed by atoms with Gasteiger partial charge in [-0.05, 0) is 31.5 Å². The topological polar surface area (TPSA) is 104 Å². The zero-order valence-electron chi connectivity index (χ0n) is 18.0. The number of carbonyl (C=O) groups excluding carboxylic acids is 2. The van der Waals surface area contributed by atoms with Gasteiger partial charge in [0.15, 0.2) is 0 Å². The smallest absolute Gasteiger partial charge is 0.384 e. The number of thiazole rings is 2. The Morgan fingerprint density at radius 2 is 1.94 bits per heavy atom. The predicted molar refractivity (Wildman–Crippen MR) is 129 cm³/mol. The molecule has 0 radical (unpaired) electrons. The average Bonchev–Trinajstić information content (AvgIpc) is 3.49. The molecular weight excluding hydrogens is 548 g/mol. The number of carbonyl (C=O) groups is 2. The van der Waals surface area contributed by atoms with E-state index in [1.54, 1.807) is 23.6 Å². The normalized spacial score (nSPS) is 14.3. The molecule has 0 bridgehead atoms. The van der Waals surface area contributed by atoms with Crippen LogP contribution in [0.3, 0.4) is 0 Å². The molecule has 0 aliphatic heterocycles. The largest absolute Gasteiger partial charge is 0.389 e. The number of amides is 2. The van der Waals surface area contributed by atoms with Gasteiger partial charge in [0.25, 0.3) is 5.91 Å². The lowest BCUT2D eigenvalue weighted by Gasteiger charge is -2.25. The van der Waals surface area contributed by atoms with Crippen molar-refractivity contribution in [3.05, 3.63) is 55.9 Å². The highest BCUT2D eigenvalue weighted by molar-refractivity contribution is 7.17. The summed E-state index contributed by atoms with van der Waals surface area (Å²) in [5.74, 6) is -1.37. The number of rotatable bonds is 9. The number of halogens is 5. The van der Waals surface area contributed by atoms with Crippen LogP contribution < -0.4 is 10.6 Å². The van der Waals surface area contributed by atoms with Crippen molar-refractivity contribution in [2.45, 2.75) is 44.1 Å². The average molecular weight is 567 g/mol. The van der Waals surface area contributed by atoms with Crippen LogP contribution in [-0.4, -0.2) is 45.1 Å². The third-order valence-corrected chi connectivity index (χ3v) is 7.22. The van der Waals surface area contributed by atoms with Crippen molar-refractivity contribution in [2.75, 3.05) is 0 Å². The van der Waals surface area contributed by atoms with E-state index in [0.717, 1.165) is 22.7 Å². The molecule has 188 valence electrons. The Morgan fingerprint density at radius 1 is 1.20 bits per heavy atom. The van der Waals surface area contributed by atoms with Gasteiger partial charge in [0.2, 0.25) is 5.91 Å². The van der Waals surface area contributed by atoms with E-state index in [-0.39, 0.29) is 9.88 Å². The van der Waals surface area contributed by atoms with Gasteiger partial charge in [-0.2, -0.15) is 13.2 Å². The first kappa shape index (κ1) is 27.3. The summed E-state index contributed by atoms with van der Waals surface area (Å²) in [4.78, 5) is 33.5. The molecule has 1 aromatic carbocycles. The van der Waals surface area contributed by atoms with Gasteiger partial charge >= 0.3 is 6.18 Å². The fourth-order valence-corrected chi connectivity index (χ4v) is 4.96. The summed E-state index contributed by atoms with van der Waals surface area (Å²) in [6.07, 6.45) is -4.96. The van der Waals surface area contributed by atoms with Crippen LogP contribution in [0.25, 0.3) is 10.6 Å². The Balaban J connectivity index is 1.66. The molecular formula is C21H19Cl2F3N4O3S2. The van der Waals surface area contributed by atoms with Crippen LogP contribution >= 0.6 is 45.9 Å². The van der Waals surface area contributed by atoms with Crippen LogP contribution in [-0.2, 0) is 4.79 Å². The van der Waals surface area contributed by atoms with Gasteiger partial charge in [-0.15, -0.1) is 22.7 Å². The Bertz CT molecular complexity index is 1180. The standard InChI is InChI=1S/C21H19Cl2F3N4O3S2/c1-10(17(32)30-14(4-5-21(24,25)26)16(31)20-27-6-7-34-20)29-18(33)15-9-28-19(35-15)12-8-11(22)2-3-13(12)23/h2-3,6-10,14,16,31H,4-5H2,1H3,(H,29,33)(H,30,32)/t10-,14-,16?/m0/s1. The number of hydrogen-bond donors (Lipinski definition) is 3. The molecule has 0 saturated heterocycles. The Kier molecular flexibility index (Phi) is 9.11. The summed E-state index contributed by atoms with van der Waals surface area (Å²) < 4.78 is 38.3. The van der Waals surface area contributed by atoms with Crippen molar-refractivity contribution in [3.8, 4) is 10.6 Å². The van der Waals surface area contributed by atoms with E-state index < -0.39 is 49.0 Å². The number of aliphatic hydroxyl groups is 1. The number of alkyl halides is 3. The third-order valence-electron chi connectivity index (χ3n) is 4.78. The van der Waals surface area contributed by atoms with Gasteiger partial charge in [-0.25, -0.2) is 9.97 Å². The van der Waals surface area contributed by atoms with Crippen molar-refractivity contribution in [1.29, 1.82) is 0 Å². The van der Waals surface area contributed by atoms with Crippen molar-refractivity contribution >= 4 is 57.7 Å². The maximum Gasteiger partial charge on any atom is 0.389 e. The summed E-state index contributed by atoms with van der Waals surface area (Å²) in [6, 6.07) is 2.45. The third kappa shape index (κ3) is 7.61. The number of benzene rings is 1. The number of aromatic nitrogens is 2. The lowest BCUT2D eigenvalue weighted by molar-refractivity contribution is -0.140. The van der Waals surface area contributed by atoms with Gasteiger partial charge in [0, 0.05) is 28.6 Å². The maximum absolute atomic E-state index is 12.8.